The van der Waals surface area contributed by atoms with Crippen molar-refractivity contribution in [3.63, 3.8) is 0 Å². The third-order valence-electron chi connectivity index (χ3n) is 6.60. The SMILES string of the molecule is Cc1ccc(S(=O)(=O)N(CC(=O)N(CCc2ccccc2)[C@@H](C)C(=O)NC(C)C)c2cc(C)ccc2C)cc1. The summed E-state index contributed by atoms with van der Waals surface area (Å²) in [4.78, 5) is 28.5. The summed E-state index contributed by atoms with van der Waals surface area (Å²) < 4.78 is 29.1. The lowest BCUT2D eigenvalue weighted by Gasteiger charge is -2.33. The second kappa shape index (κ2) is 12.9. The quantitative estimate of drug-likeness (QED) is 0.373. The molecule has 0 fully saturated rings. The minimum Gasteiger partial charge on any atom is -0.352 e. The van der Waals surface area contributed by atoms with E-state index < -0.39 is 28.5 Å². The topological polar surface area (TPSA) is 86.8 Å². The molecule has 0 saturated heterocycles. The Bertz CT molecular complexity index is 1390. The number of carbonyl (C=O) groups excluding carboxylic acids is 2. The summed E-state index contributed by atoms with van der Waals surface area (Å²) in [6.07, 6.45) is 0.528. The highest BCUT2D eigenvalue weighted by Gasteiger charge is 2.33. The maximum absolute atomic E-state index is 14.0. The Labute approximate surface area is 232 Å². The summed E-state index contributed by atoms with van der Waals surface area (Å²) in [5, 5.41) is 2.87. The molecule has 0 bridgehead atoms. The van der Waals surface area contributed by atoms with Gasteiger partial charge >= 0.3 is 0 Å². The van der Waals surface area contributed by atoms with Crippen LogP contribution < -0.4 is 9.62 Å². The summed E-state index contributed by atoms with van der Waals surface area (Å²) in [5.74, 6) is -0.736. The molecule has 0 aliphatic rings. The number of amides is 2. The highest BCUT2D eigenvalue weighted by molar-refractivity contribution is 7.92. The third-order valence-corrected chi connectivity index (χ3v) is 8.38. The standard InChI is InChI=1S/C31H39N3O4S/c1-22(2)32-31(36)26(6)33(19-18-27-10-8-7-9-11-27)30(35)21-34(29-20-24(4)12-15-25(29)5)39(37,38)28-16-13-23(3)14-17-28/h7-17,20,22,26H,18-19,21H2,1-6H3,(H,32,36)/t26-/m0/s1. The van der Waals surface area contributed by atoms with Gasteiger partial charge in [-0.15, -0.1) is 0 Å². The Morgan fingerprint density at radius 3 is 2.08 bits per heavy atom. The van der Waals surface area contributed by atoms with E-state index in [4.69, 9.17) is 0 Å². The third kappa shape index (κ3) is 7.69. The number of hydrogen-bond acceptors (Lipinski definition) is 4. The Kier molecular flexibility index (Phi) is 9.92. The van der Waals surface area contributed by atoms with Crippen LogP contribution in [0.15, 0.2) is 77.7 Å². The Balaban J connectivity index is 2.02. The fraction of sp³-hybridized carbons (Fsp3) is 0.355. The second-order valence-corrected chi connectivity index (χ2v) is 12.1. The zero-order valence-electron chi connectivity index (χ0n) is 23.6. The number of nitrogens with zero attached hydrogens (tertiary/aromatic N) is 2. The van der Waals surface area contributed by atoms with Gasteiger partial charge in [-0.25, -0.2) is 8.42 Å². The van der Waals surface area contributed by atoms with E-state index >= 15 is 0 Å². The van der Waals surface area contributed by atoms with Crippen LogP contribution in [0.3, 0.4) is 0 Å². The molecule has 208 valence electrons. The van der Waals surface area contributed by atoms with Gasteiger partial charge in [0.15, 0.2) is 0 Å². The Hall–Kier alpha value is -3.65. The molecule has 0 spiro atoms. The number of anilines is 1. The summed E-state index contributed by atoms with van der Waals surface area (Å²) >= 11 is 0. The van der Waals surface area contributed by atoms with Crippen LogP contribution in [0.25, 0.3) is 0 Å². The van der Waals surface area contributed by atoms with Gasteiger partial charge in [-0.1, -0.05) is 60.2 Å². The van der Waals surface area contributed by atoms with E-state index in [0.717, 1.165) is 22.3 Å². The first kappa shape index (κ1) is 29.9. The van der Waals surface area contributed by atoms with Crippen LogP contribution in [-0.4, -0.2) is 50.3 Å². The summed E-state index contributed by atoms with van der Waals surface area (Å²) in [6, 6.07) is 20.9. The Morgan fingerprint density at radius 1 is 0.846 bits per heavy atom. The molecule has 1 atom stereocenters. The fourth-order valence-corrected chi connectivity index (χ4v) is 5.78. The van der Waals surface area contributed by atoms with Gasteiger partial charge in [-0.3, -0.25) is 13.9 Å². The zero-order valence-corrected chi connectivity index (χ0v) is 24.5. The number of sulfonamides is 1. The molecule has 0 unspecified atom stereocenters. The van der Waals surface area contributed by atoms with Gasteiger partial charge in [0.25, 0.3) is 10.0 Å². The molecular formula is C31H39N3O4S. The normalized spacial score (nSPS) is 12.2. The largest absolute Gasteiger partial charge is 0.352 e. The molecule has 7 nitrogen and oxygen atoms in total. The van der Waals surface area contributed by atoms with E-state index in [1.807, 2.05) is 77.1 Å². The molecule has 3 aromatic carbocycles. The molecule has 0 aromatic heterocycles. The molecule has 0 saturated carbocycles. The first-order valence-corrected chi connectivity index (χ1v) is 14.6. The lowest BCUT2D eigenvalue weighted by molar-refractivity contribution is -0.139. The van der Waals surface area contributed by atoms with Crippen LogP contribution in [-0.2, 0) is 26.0 Å². The number of nitrogens with one attached hydrogen (secondary N) is 1. The summed E-state index contributed by atoms with van der Waals surface area (Å²) in [7, 11) is -4.09. The summed E-state index contributed by atoms with van der Waals surface area (Å²) in [6.45, 7) is 10.8. The maximum Gasteiger partial charge on any atom is 0.264 e. The van der Waals surface area contributed by atoms with Crippen LogP contribution in [0.5, 0.6) is 0 Å². The number of rotatable bonds is 11. The molecule has 1 N–H and O–H groups in total. The number of hydrogen-bond donors (Lipinski definition) is 1. The van der Waals surface area contributed by atoms with Crippen molar-refractivity contribution in [2.75, 3.05) is 17.4 Å². The minimum absolute atomic E-state index is 0.0978. The second-order valence-electron chi connectivity index (χ2n) is 10.3. The molecule has 8 heteroatoms. The maximum atomic E-state index is 14.0. The number of carbonyl (C=O) groups is 2. The predicted molar refractivity (Wildman–Crippen MR) is 156 cm³/mol. The Morgan fingerprint density at radius 2 is 1.46 bits per heavy atom. The summed E-state index contributed by atoms with van der Waals surface area (Å²) in [5.41, 5.74) is 3.99. The van der Waals surface area contributed by atoms with Gasteiger partial charge in [0.2, 0.25) is 11.8 Å². The molecule has 3 aromatic rings. The van der Waals surface area contributed by atoms with Crippen molar-refractivity contribution in [3.05, 3.63) is 95.1 Å². The molecule has 0 radical (unpaired) electrons. The van der Waals surface area contributed by atoms with Gasteiger partial charge in [0.1, 0.15) is 12.6 Å². The zero-order chi connectivity index (χ0) is 28.7. The van der Waals surface area contributed by atoms with Crippen LogP contribution in [0, 0.1) is 20.8 Å². The molecule has 0 heterocycles. The van der Waals surface area contributed by atoms with Crippen molar-refractivity contribution in [1.82, 2.24) is 10.2 Å². The highest BCUT2D eigenvalue weighted by atomic mass is 32.2. The lowest BCUT2D eigenvalue weighted by atomic mass is 10.1. The number of aryl methyl sites for hydroxylation is 3. The average Bonchev–Trinajstić information content (AvgIpc) is 2.89. The van der Waals surface area contributed by atoms with Gasteiger partial charge < -0.3 is 10.2 Å². The number of benzene rings is 3. The molecule has 39 heavy (non-hydrogen) atoms. The van der Waals surface area contributed by atoms with Crippen LogP contribution in [0.2, 0.25) is 0 Å². The molecular weight excluding hydrogens is 510 g/mol. The fourth-order valence-electron chi connectivity index (χ4n) is 4.31. The van der Waals surface area contributed by atoms with E-state index in [0.29, 0.717) is 12.1 Å². The minimum atomic E-state index is -4.09. The highest BCUT2D eigenvalue weighted by Crippen LogP contribution is 2.28. The van der Waals surface area contributed by atoms with Crippen molar-refractivity contribution in [2.24, 2.45) is 0 Å². The van der Waals surface area contributed by atoms with Gasteiger partial charge in [0.05, 0.1) is 10.6 Å². The molecule has 0 aliphatic heterocycles. The van der Waals surface area contributed by atoms with Crippen LogP contribution >= 0.6 is 0 Å². The predicted octanol–water partition coefficient (Wildman–Crippen LogP) is 4.79. The van der Waals surface area contributed by atoms with E-state index in [1.165, 1.54) is 9.21 Å². The lowest BCUT2D eigenvalue weighted by Crippen LogP contribution is -2.53. The van der Waals surface area contributed by atoms with Crippen molar-refractivity contribution >= 4 is 27.5 Å². The molecule has 3 rings (SSSR count). The van der Waals surface area contributed by atoms with E-state index in [1.54, 1.807) is 37.3 Å². The van der Waals surface area contributed by atoms with Crippen molar-refractivity contribution in [1.29, 1.82) is 0 Å². The molecule has 2 amide bonds. The monoisotopic (exact) mass is 549 g/mol. The van der Waals surface area contributed by atoms with Crippen molar-refractivity contribution in [2.45, 2.75) is 64.9 Å². The van der Waals surface area contributed by atoms with Crippen molar-refractivity contribution in [3.8, 4) is 0 Å². The van der Waals surface area contributed by atoms with E-state index in [-0.39, 0.29) is 23.4 Å². The smallest absolute Gasteiger partial charge is 0.264 e. The van der Waals surface area contributed by atoms with E-state index in [9.17, 15) is 18.0 Å². The van der Waals surface area contributed by atoms with E-state index in [2.05, 4.69) is 5.32 Å². The van der Waals surface area contributed by atoms with Gasteiger partial charge in [-0.05, 0) is 82.9 Å². The average molecular weight is 550 g/mol. The van der Waals surface area contributed by atoms with Crippen molar-refractivity contribution < 1.29 is 18.0 Å². The first-order valence-electron chi connectivity index (χ1n) is 13.2. The van der Waals surface area contributed by atoms with Crippen LogP contribution in [0.4, 0.5) is 5.69 Å². The first-order chi connectivity index (χ1) is 18.4. The molecule has 0 aliphatic carbocycles. The van der Waals surface area contributed by atoms with Gasteiger partial charge in [0, 0.05) is 12.6 Å². The van der Waals surface area contributed by atoms with Gasteiger partial charge in [-0.2, -0.15) is 0 Å². The van der Waals surface area contributed by atoms with Crippen LogP contribution in [0.1, 0.15) is 43.0 Å².